The van der Waals surface area contributed by atoms with Crippen LogP contribution >= 0.6 is 11.6 Å². The second kappa shape index (κ2) is 6.63. The Labute approximate surface area is 147 Å². The lowest BCUT2D eigenvalue weighted by molar-refractivity contribution is -0.289. The molecule has 0 fully saturated rings. The maximum atomic E-state index is 12.8. The summed E-state index contributed by atoms with van der Waals surface area (Å²) < 4.78 is 51.4. The fourth-order valence-electron chi connectivity index (χ4n) is 1.97. The van der Waals surface area contributed by atoms with Crippen molar-refractivity contribution in [2.24, 2.45) is 0 Å². The summed E-state index contributed by atoms with van der Waals surface area (Å²) in [6.07, 6.45) is -4.61. The van der Waals surface area contributed by atoms with Gasteiger partial charge < -0.3 is 5.73 Å². The van der Waals surface area contributed by atoms with E-state index >= 15 is 0 Å². The highest BCUT2D eigenvalue weighted by molar-refractivity contribution is 7.85. The van der Waals surface area contributed by atoms with Crippen LogP contribution in [0.25, 0.3) is 5.69 Å². The van der Waals surface area contributed by atoms with Gasteiger partial charge in [-0.2, -0.15) is 23.5 Å². The van der Waals surface area contributed by atoms with Gasteiger partial charge >= 0.3 is 6.18 Å². The van der Waals surface area contributed by atoms with Gasteiger partial charge in [0.05, 0.1) is 21.4 Å². The summed E-state index contributed by atoms with van der Waals surface area (Å²) in [5, 5.41) is 12.4. The summed E-state index contributed by atoms with van der Waals surface area (Å²) >= 11 is 10.9. The number of hydrogen-bond donors (Lipinski definition) is 1. The molecule has 1 unspecified atom stereocenters. The lowest BCUT2D eigenvalue weighted by Gasteiger charge is -2.10. The molecule has 0 aliphatic rings. The highest BCUT2D eigenvalue weighted by Crippen LogP contribution is 2.37. The van der Waals surface area contributed by atoms with Gasteiger partial charge in [-0.15, -0.1) is 0 Å². The molecule has 0 spiro atoms. The van der Waals surface area contributed by atoms with Crippen LogP contribution < -0.4 is 5.73 Å². The van der Waals surface area contributed by atoms with E-state index in [0.29, 0.717) is 6.07 Å². The van der Waals surface area contributed by atoms with Crippen molar-refractivity contribution >= 4 is 28.2 Å². The Morgan fingerprint density at radius 2 is 2.12 bits per heavy atom. The molecule has 1 heterocycles. The van der Waals surface area contributed by atoms with E-state index in [2.05, 4.69) is 5.10 Å². The van der Waals surface area contributed by atoms with E-state index in [4.69, 9.17) is 34.2 Å². The van der Waals surface area contributed by atoms with E-state index in [-0.39, 0.29) is 37.9 Å². The molecular weight excluding hydrogens is 388 g/mol. The third kappa shape index (κ3) is 3.22. The van der Waals surface area contributed by atoms with Crippen LogP contribution in [0.2, 0.25) is 10.0 Å². The van der Waals surface area contributed by atoms with Gasteiger partial charge in [-0.05, 0) is 6.07 Å². The smallest absolute Gasteiger partial charge is 0.383 e. The average Bonchev–Trinajstić information content (AvgIpc) is 2.81. The van der Waals surface area contributed by atoms with Gasteiger partial charge in [0.15, 0.2) is 23.0 Å². The van der Waals surface area contributed by atoms with Gasteiger partial charge in [0.1, 0.15) is 16.8 Å². The summed E-state index contributed by atoms with van der Waals surface area (Å²) in [4.78, 5) is 0.00497. The zero-order valence-electron chi connectivity index (χ0n) is 12.0. The Bertz CT molecular complexity index is 850. The van der Waals surface area contributed by atoms with Crippen LogP contribution in [0.15, 0.2) is 17.0 Å². The predicted octanol–water partition coefficient (Wildman–Crippen LogP) is 2.82. The number of benzene rings is 1. The molecule has 2 rings (SSSR count). The molecule has 0 aliphatic carbocycles. The fourth-order valence-corrected chi connectivity index (χ4v) is 3.56. The molecule has 0 saturated carbocycles. The number of nitrogens with zero attached hydrogens (tertiary/aromatic N) is 3. The number of alkyl halides is 3. The number of anilines is 1. The molecule has 0 saturated heterocycles. The minimum absolute atomic E-state index is 0.00497. The third-order valence-electron chi connectivity index (χ3n) is 3.04. The van der Waals surface area contributed by atoms with Gasteiger partial charge in [-0.25, -0.2) is 4.68 Å². The number of nitrogen functional groups attached to an aromatic ring is 1. The van der Waals surface area contributed by atoms with Crippen LogP contribution in [0.1, 0.15) is 18.2 Å². The third-order valence-corrected chi connectivity index (χ3v) is 5.02. The number of nitrogens with two attached hydrogens (primary N) is 1. The zero-order valence-corrected chi connectivity index (χ0v) is 14.4. The number of nitriles is 1. The molecular formula is C13H10Cl2F3N4OS+. The number of hydrogen-bond acceptors (Lipinski definition) is 4. The summed E-state index contributed by atoms with van der Waals surface area (Å²) in [6, 6.07) is 3.17. The van der Waals surface area contributed by atoms with Gasteiger partial charge in [-0.1, -0.05) is 18.5 Å². The van der Waals surface area contributed by atoms with Crippen LogP contribution in [0.5, 0.6) is 0 Å². The first-order chi connectivity index (χ1) is 11.1. The largest absolute Gasteiger partial charge is 0.416 e. The van der Waals surface area contributed by atoms with Crippen LogP contribution in [0.3, 0.4) is 0 Å². The number of aromatic nitrogens is 2. The van der Waals surface area contributed by atoms with Crippen LogP contribution in [-0.4, -0.2) is 19.7 Å². The van der Waals surface area contributed by atoms with Crippen molar-refractivity contribution in [1.82, 2.24) is 9.78 Å². The van der Waals surface area contributed by atoms with E-state index in [1.807, 2.05) is 0 Å². The molecule has 2 aromatic rings. The predicted molar refractivity (Wildman–Crippen MR) is 80.2 cm³/mol. The molecule has 128 valence electrons. The van der Waals surface area contributed by atoms with E-state index in [9.17, 15) is 17.4 Å². The van der Waals surface area contributed by atoms with Gasteiger partial charge in [0, 0.05) is 11.8 Å². The zero-order chi connectivity index (χ0) is 18.2. The van der Waals surface area contributed by atoms with Crippen molar-refractivity contribution in [3.05, 3.63) is 33.4 Å². The Morgan fingerprint density at radius 3 is 2.58 bits per heavy atom. The minimum Gasteiger partial charge on any atom is -0.383 e. The van der Waals surface area contributed by atoms with Crippen molar-refractivity contribution in [2.45, 2.75) is 18.0 Å². The van der Waals surface area contributed by atoms with Gasteiger partial charge in [-0.3, -0.25) is 4.21 Å². The number of rotatable bonds is 3. The van der Waals surface area contributed by atoms with Gasteiger partial charge in [0.2, 0.25) is 0 Å². The Balaban J connectivity index is 2.73. The Morgan fingerprint density at radius 1 is 1.50 bits per heavy atom. The van der Waals surface area contributed by atoms with Crippen molar-refractivity contribution in [3.63, 3.8) is 0 Å². The topological polar surface area (TPSA) is 84.7 Å². The van der Waals surface area contributed by atoms with Crippen molar-refractivity contribution in [3.8, 4) is 11.8 Å². The Kier molecular flexibility index (Phi) is 5.13. The fraction of sp³-hybridized carbons (Fsp3) is 0.231. The van der Waals surface area contributed by atoms with E-state index in [0.717, 1.165) is 10.7 Å². The van der Waals surface area contributed by atoms with Crippen LogP contribution in [0, 0.1) is 22.9 Å². The van der Waals surface area contributed by atoms with E-state index < -0.39 is 22.5 Å². The quantitative estimate of drug-likeness (QED) is 0.862. The number of halogens is 5. The molecule has 0 bridgehead atoms. The summed E-state index contributed by atoms with van der Waals surface area (Å²) in [7, 11) is -1.59. The second-order valence-corrected chi connectivity index (χ2v) is 7.05. The summed E-state index contributed by atoms with van der Waals surface area (Å²) in [6.45, 7) is 1.62. The highest BCUT2D eigenvalue weighted by atomic mass is 35.5. The lowest BCUT2D eigenvalue weighted by Crippen LogP contribution is -2.09. The average molecular weight is 398 g/mol. The molecule has 5 nitrogen and oxygen atoms in total. The molecule has 0 amide bonds. The molecule has 2 N–H and O–H groups in total. The normalized spacial score (nSPS) is 12.9. The molecule has 1 atom stereocenters. The SMILES string of the molecule is CCS(=O)c1c(C#N)nn(-c2c(Cl)cc(C(F)(F)F)cc2[ClH+])c1N. The molecule has 24 heavy (non-hydrogen) atoms. The monoisotopic (exact) mass is 397 g/mol. The van der Waals surface area contributed by atoms with Crippen molar-refractivity contribution < 1.29 is 29.0 Å². The molecule has 0 aliphatic heterocycles. The van der Waals surface area contributed by atoms with E-state index in [1.165, 1.54) is 0 Å². The molecule has 1 aromatic heterocycles. The van der Waals surface area contributed by atoms with Gasteiger partial charge in [0.25, 0.3) is 5.02 Å². The van der Waals surface area contributed by atoms with E-state index in [1.54, 1.807) is 13.0 Å². The first-order valence-electron chi connectivity index (χ1n) is 6.36. The second-order valence-electron chi connectivity index (χ2n) is 4.52. The molecule has 0 radical (unpaired) electrons. The minimum atomic E-state index is -4.61. The summed E-state index contributed by atoms with van der Waals surface area (Å²) in [5.41, 5.74) is 4.60. The maximum absolute atomic E-state index is 12.8. The summed E-state index contributed by atoms with van der Waals surface area (Å²) in [5.74, 6) is 0.0333. The van der Waals surface area contributed by atoms with Crippen LogP contribution in [-0.2, 0) is 17.0 Å². The Hall–Kier alpha value is -1.76. The first-order valence-corrected chi connectivity index (χ1v) is 8.47. The lowest BCUT2D eigenvalue weighted by atomic mass is 10.2. The molecule has 1 aromatic carbocycles. The van der Waals surface area contributed by atoms with Crippen LogP contribution in [0.4, 0.5) is 19.0 Å². The first kappa shape index (κ1) is 18.6. The van der Waals surface area contributed by atoms with Crippen molar-refractivity contribution in [2.75, 3.05) is 11.5 Å². The maximum Gasteiger partial charge on any atom is 0.416 e. The standard InChI is InChI=1S/C13H10Cl2F3N4OS/c1-2-24(23)11-9(5-19)21-22(12(11)20)10-7(14)3-6(4-8(10)15)13(16,17)18/h3-4,14H,2,20H2,1H3/q+1. The van der Waals surface area contributed by atoms with Crippen molar-refractivity contribution in [1.29, 1.82) is 5.26 Å². The highest BCUT2D eigenvalue weighted by Gasteiger charge is 2.34. The molecule has 11 heteroatoms.